The van der Waals surface area contributed by atoms with Crippen LogP contribution in [0.2, 0.25) is 0 Å². The van der Waals surface area contributed by atoms with Gasteiger partial charge in [-0.3, -0.25) is 4.79 Å². The molecule has 3 nitrogen and oxygen atoms in total. The first-order valence-corrected chi connectivity index (χ1v) is 5.12. The molecule has 3 heteroatoms. The summed E-state index contributed by atoms with van der Waals surface area (Å²) >= 11 is 0. The Morgan fingerprint density at radius 1 is 1.57 bits per heavy atom. The Labute approximate surface area is 85.7 Å². The van der Waals surface area contributed by atoms with Crippen LogP contribution in [-0.2, 0) is 9.53 Å². The summed E-state index contributed by atoms with van der Waals surface area (Å²) in [5, 5.41) is 0. The highest BCUT2D eigenvalue weighted by Crippen LogP contribution is 2.18. The molecule has 0 aromatic heterocycles. The maximum atomic E-state index is 10.8. The van der Waals surface area contributed by atoms with Crippen molar-refractivity contribution in [3.8, 4) is 0 Å². The normalized spacial score (nSPS) is 23.1. The van der Waals surface area contributed by atoms with Crippen molar-refractivity contribution in [2.45, 2.75) is 19.3 Å². The number of nitrogens with zero attached hydrogens (tertiary/aromatic N) is 1. The Morgan fingerprint density at radius 3 is 2.93 bits per heavy atom. The maximum absolute atomic E-state index is 10.8. The fraction of sp³-hybridized carbons (Fsp3) is 0.727. The number of carbonyl (C=O) groups excluding carboxylic acids is 1. The number of rotatable bonds is 4. The molecule has 80 valence electrons. The molecule has 0 saturated carbocycles. The molecule has 0 radical (unpaired) electrons. The Balaban J connectivity index is 2.11. The minimum absolute atomic E-state index is 0.162. The number of esters is 1. The van der Waals surface area contributed by atoms with Crippen LogP contribution in [-0.4, -0.2) is 38.1 Å². The average Bonchev–Trinajstić information content (AvgIpc) is 2.58. The lowest BCUT2D eigenvalue weighted by atomic mass is 10.0. The van der Waals surface area contributed by atoms with Crippen molar-refractivity contribution < 1.29 is 9.53 Å². The fourth-order valence-corrected chi connectivity index (χ4v) is 1.77. The Bertz CT molecular complexity index is 213. The van der Waals surface area contributed by atoms with E-state index in [4.69, 9.17) is 0 Å². The second kappa shape index (κ2) is 5.81. The van der Waals surface area contributed by atoms with Gasteiger partial charge >= 0.3 is 5.97 Å². The highest BCUT2D eigenvalue weighted by atomic mass is 16.5. The van der Waals surface area contributed by atoms with Crippen LogP contribution in [0.4, 0.5) is 0 Å². The van der Waals surface area contributed by atoms with Crippen molar-refractivity contribution in [3.05, 3.63) is 12.2 Å². The van der Waals surface area contributed by atoms with Crippen LogP contribution in [0, 0.1) is 5.92 Å². The van der Waals surface area contributed by atoms with E-state index in [9.17, 15) is 4.79 Å². The van der Waals surface area contributed by atoms with E-state index >= 15 is 0 Å². The van der Waals surface area contributed by atoms with Gasteiger partial charge in [-0.15, -0.1) is 0 Å². The van der Waals surface area contributed by atoms with Gasteiger partial charge in [0, 0.05) is 6.54 Å². The molecule has 14 heavy (non-hydrogen) atoms. The third-order valence-electron chi connectivity index (χ3n) is 2.64. The van der Waals surface area contributed by atoms with E-state index in [1.165, 1.54) is 26.6 Å². The van der Waals surface area contributed by atoms with Gasteiger partial charge in [0.2, 0.25) is 0 Å². The summed E-state index contributed by atoms with van der Waals surface area (Å²) in [7, 11) is 3.57. The minimum Gasteiger partial charge on any atom is -0.469 e. The number of hydrogen-bond donors (Lipinski definition) is 0. The molecule has 1 rings (SSSR count). The van der Waals surface area contributed by atoms with Crippen LogP contribution < -0.4 is 0 Å². The molecule has 0 aromatic rings. The van der Waals surface area contributed by atoms with E-state index in [-0.39, 0.29) is 5.97 Å². The quantitative estimate of drug-likeness (QED) is 0.504. The zero-order valence-corrected chi connectivity index (χ0v) is 9.03. The van der Waals surface area contributed by atoms with Crippen molar-refractivity contribution in [3.63, 3.8) is 0 Å². The van der Waals surface area contributed by atoms with Crippen LogP contribution in [0.1, 0.15) is 19.3 Å². The lowest BCUT2D eigenvalue weighted by Gasteiger charge is -2.06. The van der Waals surface area contributed by atoms with Gasteiger partial charge in [0.1, 0.15) is 0 Å². The molecule has 0 amide bonds. The number of allylic oxidation sites excluding steroid dienone is 1. The zero-order chi connectivity index (χ0) is 10.4. The monoisotopic (exact) mass is 197 g/mol. The van der Waals surface area contributed by atoms with Crippen molar-refractivity contribution in [2.75, 3.05) is 27.2 Å². The van der Waals surface area contributed by atoms with Gasteiger partial charge < -0.3 is 9.64 Å². The molecule has 1 unspecified atom stereocenters. The average molecular weight is 197 g/mol. The molecule has 0 spiro atoms. The Hall–Kier alpha value is -0.830. The van der Waals surface area contributed by atoms with E-state index in [0.29, 0.717) is 6.42 Å². The zero-order valence-electron chi connectivity index (χ0n) is 9.03. The Morgan fingerprint density at radius 2 is 2.36 bits per heavy atom. The van der Waals surface area contributed by atoms with Gasteiger partial charge in [0.25, 0.3) is 0 Å². The summed E-state index contributed by atoms with van der Waals surface area (Å²) in [6, 6.07) is 0. The predicted octanol–water partition coefficient (Wildman–Crippen LogP) is 1.45. The van der Waals surface area contributed by atoms with E-state index in [1.807, 2.05) is 6.08 Å². The van der Waals surface area contributed by atoms with Gasteiger partial charge in [-0.25, -0.2) is 0 Å². The predicted molar refractivity (Wildman–Crippen MR) is 56.0 cm³/mol. The lowest BCUT2D eigenvalue weighted by Crippen LogP contribution is -2.13. The van der Waals surface area contributed by atoms with Crippen LogP contribution in [0.5, 0.6) is 0 Å². The maximum Gasteiger partial charge on any atom is 0.309 e. The number of ether oxygens (including phenoxy) is 1. The molecule has 0 aromatic carbocycles. The standard InChI is InChI=1S/C11H19NO2/c1-12-8-7-10(9-12)5-3-4-6-11(13)14-2/h3-4,10H,5-9H2,1-2H3/b4-3-. The van der Waals surface area contributed by atoms with E-state index in [2.05, 4.69) is 22.8 Å². The molecular weight excluding hydrogens is 178 g/mol. The largest absolute Gasteiger partial charge is 0.469 e. The summed E-state index contributed by atoms with van der Waals surface area (Å²) in [5.74, 6) is 0.610. The summed E-state index contributed by atoms with van der Waals surface area (Å²) < 4.78 is 4.54. The minimum atomic E-state index is -0.162. The first-order chi connectivity index (χ1) is 6.72. The van der Waals surface area contributed by atoms with Gasteiger partial charge in [-0.1, -0.05) is 12.2 Å². The molecule has 1 fully saturated rings. The van der Waals surface area contributed by atoms with Gasteiger partial charge in [0.05, 0.1) is 13.5 Å². The fourth-order valence-electron chi connectivity index (χ4n) is 1.77. The number of carbonyl (C=O) groups is 1. The third-order valence-corrected chi connectivity index (χ3v) is 2.64. The molecule has 0 N–H and O–H groups in total. The van der Waals surface area contributed by atoms with Gasteiger partial charge in [-0.05, 0) is 32.4 Å². The van der Waals surface area contributed by atoms with E-state index in [1.54, 1.807) is 0 Å². The summed E-state index contributed by atoms with van der Waals surface area (Å²) in [6.45, 7) is 2.39. The molecule has 1 atom stereocenters. The highest BCUT2D eigenvalue weighted by Gasteiger charge is 2.17. The van der Waals surface area contributed by atoms with Crippen LogP contribution in [0.3, 0.4) is 0 Å². The smallest absolute Gasteiger partial charge is 0.309 e. The van der Waals surface area contributed by atoms with Crippen molar-refractivity contribution in [1.29, 1.82) is 0 Å². The number of methoxy groups -OCH3 is 1. The van der Waals surface area contributed by atoms with Crippen molar-refractivity contribution >= 4 is 5.97 Å². The van der Waals surface area contributed by atoms with Crippen molar-refractivity contribution in [1.82, 2.24) is 4.90 Å². The van der Waals surface area contributed by atoms with Gasteiger partial charge in [0.15, 0.2) is 0 Å². The SMILES string of the molecule is COC(=O)C/C=C\CC1CCN(C)C1. The first-order valence-electron chi connectivity index (χ1n) is 5.12. The van der Waals surface area contributed by atoms with Crippen molar-refractivity contribution in [2.24, 2.45) is 5.92 Å². The third kappa shape index (κ3) is 3.92. The number of likely N-dealkylation sites (tertiary alicyclic amines) is 1. The molecule has 1 aliphatic rings. The topological polar surface area (TPSA) is 29.5 Å². The van der Waals surface area contributed by atoms with Crippen LogP contribution in [0.15, 0.2) is 12.2 Å². The van der Waals surface area contributed by atoms with Crippen LogP contribution in [0.25, 0.3) is 0 Å². The highest BCUT2D eigenvalue weighted by molar-refractivity contribution is 5.70. The Kier molecular flexibility index (Phi) is 4.66. The summed E-state index contributed by atoms with van der Waals surface area (Å²) in [5.41, 5.74) is 0. The molecule has 0 bridgehead atoms. The molecule has 1 heterocycles. The molecule has 0 aliphatic carbocycles. The second-order valence-corrected chi connectivity index (χ2v) is 3.90. The van der Waals surface area contributed by atoms with E-state index in [0.717, 1.165) is 12.3 Å². The van der Waals surface area contributed by atoms with E-state index < -0.39 is 0 Å². The summed E-state index contributed by atoms with van der Waals surface area (Å²) in [6.07, 6.45) is 6.77. The number of hydrogen-bond acceptors (Lipinski definition) is 3. The van der Waals surface area contributed by atoms with Gasteiger partial charge in [-0.2, -0.15) is 0 Å². The molecule has 1 saturated heterocycles. The lowest BCUT2D eigenvalue weighted by molar-refractivity contribution is -0.139. The van der Waals surface area contributed by atoms with Crippen LogP contribution >= 0.6 is 0 Å². The first kappa shape index (κ1) is 11.2. The molecule has 1 aliphatic heterocycles. The second-order valence-electron chi connectivity index (χ2n) is 3.90. The summed E-state index contributed by atoms with van der Waals surface area (Å²) in [4.78, 5) is 13.1. The molecular formula is C11H19NO2.